The maximum Gasteiger partial charge on any atom is 0.381 e. The fourth-order valence-electron chi connectivity index (χ4n) is 2.02. The minimum Gasteiger partial charge on any atom is -0.466 e. The van der Waals surface area contributed by atoms with Crippen LogP contribution in [0.15, 0.2) is 11.6 Å². The summed E-state index contributed by atoms with van der Waals surface area (Å²) in [6.45, 7) is 3.92. The highest BCUT2D eigenvalue weighted by molar-refractivity contribution is 7.13. The van der Waals surface area contributed by atoms with Gasteiger partial charge in [0.05, 0.1) is 18.7 Å². The SMILES string of the molecule is CCOC(=O)Cc1csc(NC(=O)CCn2cc([N+](=O)[O-])nc2C)n1. The van der Waals surface area contributed by atoms with Crippen LogP contribution in [0.1, 0.15) is 24.9 Å². The van der Waals surface area contributed by atoms with Crippen molar-refractivity contribution < 1.29 is 19.2 Å². The third kappa shape index (κ3) is 5.35. The Morgan fingerprint density at radius 2 is 2.20 bits per heavy atom. The Balaban J connectivity index is 1.85. The van der Waals surface area contributed by atoms with Gasteiger partial charge in [-0.25, -0.2) is 4.98 Å². The van der Waals surface area contributed by atoms with Gasteiger partial charge in [-0.05, 0) is 16.8 Å². The van der Waals surface area contributed by atoms with Crippen LogP contribution in [0.25, 0.3) is 0 Å². The summed E-state index contributed by atoms with van der Waals surface area (Å²) in [4.78, 5) is 41.4. The fraction of sp³-hybridized carbons (Fsp3) is 0.429. The molecule has 2 aromatic rings. The van der Waals surface area contributed by atoms with Gasteiger partial charge >= 0.3 is 11.8 Å². The number of hydrogen-bond donors (Lipinski definition) is 1. The predicted molar refractivity (Wildman–Crippen MR) is 89.3 cm³/mol. The second-order valence-electron chi connectivity index (χ2n) is 5.02. The van der Waals surface area contributed by atoms with E-state index in [9.17, 15) is 19.7 Å². The predicted octanol–water partition coefficient (Wildman–Crippen LogP) is 1.69. The average molecular weight is 367 g/mol. The molecule has 0 aliphatic heterocycles. The molecule has 2 aromatic heterocycles. The maximum atomic E-state index is 12.0. The van der Waals surface area contributed by atoms with Crippen LogP contribution in [-0.2, 0) is 27.3 Å². The van der Waals surface area contributed by atoms with Crippen molar-refractivity contribution in [2.24, 2.45) is 0 Å². The first-order valence-electron chi connectivity index (χ1n) is 7.47. The van der Waals surface area contributed by atoms with E-state index in [-0.39, 0.29) is 37.1 Å². The second kappa shape index (κ2) is 8.33. The lowest BCUT2D eigenvalue weighted by Gasteiger charge is -2.03. The average Bonchev–Trinajstić information content (AvgIpc) is 3.12. The van der Waals surface area contributed by atoms with E-state index in [2.05, 4.69) is 15.3 Å². The lowest BCUT2D eigenvalue weighted by molar-refractivity contribution is -0.389. The summed E-state index contributed by atoms with van der Waals surface area (Å²) in [6.07, 6.45) is 1.46. The van der Waals surface area contributed by atoms with Gasteiger partial charge in [-0.3, -0.25) is 9.59 Å². The van der Waals surface area contributed by atoms with E-state index in [1.165, 1.54) is 17.5 Å². The van der Waals surface area contributed by atoms with E-state index in [0.29, 0.717) is 23.3 Å². The van der Waals surface area contributed by atoms with Crippen LogP contribution < -0.4 is 5.32 Å². The second-order valence-corrected chi connectivity index (χ2v) is 5.88. The summed E-state index contributed by atoms with van der Waals surface area (Å²) in [5.74, 6) is -0.442. The van der Waals surface area contributed by atoms with Crippen molar-refractivity contribution in [3.63, 3.8) is 0 Å². The zero-order valence-corrected chi connectivity index (χ0v) is 14.5. The number of imidazole rings is 1. The lowest BCUT2D eigenvalue weighted by Crippen LogP contribution is -2.15. The van der Waals surface area contributed by atoms with Gasteiger partial charge in [0.1, 0.15) is 6.20 Å². The fourth-order valence-corrected chi connectivity index (χ4v) is 2.74. The van der Waals surface area contributed by atoms with E-state index in [1.807, 2.05) is 0 Å². The molecule has 1 N–H and O–H groups in total. The first-order chi connectivity index (χ1) is 11.9. The van der Waals surface area contributed by atoms with Gasteiger partial charge < -0.3 is 24.7 Å². The monoisotopic (exact) mass is 367 g/mol. The first-order valence-corrected chi connectivity index (χ1v) is 8.35. The van der Waals surface area contributed by atoms with Crippen molar-refractivity contribution >= 4 is 34.2 Å². The number of esters is 1. The van der Waals surface area contributed by atoms with E-state index < -0.39 is 4.92 Å². The molecule has 25 heavy (non-hydrogen) atoms. The molecule has 2 rings (SSSR count). The van der Waals surface area contributed by atoms with Gasteiger partial charge in [0.15, 0.2) is 5.13 Å². The molecule has 0 saturated heterocycles. The normalized spacial score (nSPS) is 10.5. The van der Waals surface area contributed by atoms with Crippen LogP contribution in [0, 0.1) is 17.0 Å². The maximum absolute atomic E-state index is 12.0. The van der Waals surface area contributed by atoms with Crippen LogP contribution in [-0.4, -0.2) is 37.9 Å². The Morgan fingerprint density at radius 3 is 2.84 bits per heavy atom. The van der Waals surface area contributed by atoms with Crippen LogP contribution in [0.2, 0.25) is 0 Å². The summed E-state index contributed by atoms with van der Waals surface area (Å²) in [5.41, 5.74) is 0.528. The molecule has 0 atom stereocenters. The number of carbonyl (C=O) groups is 2. The number of nitrogens with one attached hydrogen (secondary N) is 1. The van der Waals surface area contributed by atoms with Gasteiger partial charge in [0.2, 0.25) is 11.7 Å². The molecule has 0 fully saturated rings. The molecule has 2 heterocycles. The lowest BCUT2D eigenvalue weighted by atomic mass is 10.3. The molecule has 0 aliphatic carbocycles. The zero-order valence-electron chi connectivity index (χ0n) is 13.7. The number of aryl methyl sites for hydroxylation is 2. The molecule has 0 aromatic carbocycles. The number of anilines is 1. The quantitative estimate of drug-likeness (QED) is 0.427. The molecule has 0 bridgehead atoms. The van der Waals surface area contributed by atoms with Crippen molar-refractivity contribution in [2.45, 2.75) is 33.2 Å². The Bertz CT molecular complexity index is 784. The van der Waals surface area contributed by atoms with E-state index >= 15 is 0 Å². The van der Waals surface area contributed by atoms with Crippen molar-refractivity contribution in [1.82, 2.24) is 14.5 Å². The summed E-state index contributed by atoms with van der Waals surface area (Å²) in [5, 5.41) is 15.4. The van der Waals surface area contributed by atoms with Crippen molar-refractivity contribution in [3.8, 4) is 0 Å². The molecule has 10 nitrogen and oxygen atoms in total. The van der Waals surface area contributed by atoms with Gasteiger partial charge in [-0.2, -0.15) is 0 Å². The van der Waals surface area contributed by atoms with Crippen molar-refractivity contribution in [3.05, 3.63) is 33.2 Å². The van der Waals surface area contributed by atoms with Gasteiger partial charge in [0.25, 0.3) is 0 Å². The van der Waals surface area contributed by atoms with Gasteiger partial charge in [0, 0.05) is 25.3 Å². The Labute approximate surface area is 147 Å². The highest BCUT2D eigenvalue weighted by atomic mass is 32.1. The molecule has 11 heteroatoms. The molecule has 134 valence electrons. The Hall–Kier alpha value is -2.82. The number of hydrogen-bond acceptors (Lipinski definition) is 8. The molecule has 0 unspecified atom stereocenters. The minimum atomic E-state index is -0.579. The van der Waals surface area contributed by atoms with Crippen LogP contribution in [0.4, 0.5) is 10.9 Å². The van der Waals surface area contributed by atoms with Crippen LogP contribution in [0.5, 0.6) is 0 Å². The number of aromatic nitrogens is 3. The molecule has 0 aliphatic rings. The smallest absolute Gasteiger partial charge is 0.381 e. The molecule has 1 amide bonds. The summed E-state index contributed by atoms with van der Waals surface area (Å²) < 4.78 is 6.38. The Morgan fingerprint density at radius 1 is 1.44 bits per heavy atom. The highest BCUT2D eigenvalue weighted by Gasteiger charge is 2.16. The first kappa shape index (κ1) is 18.5. The van der Waals surface area contributed by atoms with Crippen molar-refractivity contribution in [2.75, 3.05) is 11.9 Å². The highest BCUT2D eigenvalue weighted by Crippen LogP contribution is 2.17. The topological polar surface area (TPSA) is 129 Å². The number of rotatable bonds is 8. The third-order valence-corrected chi connectivity index (χ3v) is 3.97. The largest absolute Gasteiger partial charge is 0.466 e. The number of nitro groups is 1. The van der Waals surface area contributed by atoms with Crippen LogP contribution in [0.3, 0.4) is 0 Å². The number of ether oxygens (including phenoxy) is 1. The van der Waals surface area contributed by atoms with Gasteiger partial charge in [-0.15, -0.1) is 11.3 Å². The zero-order chi connectivity index (χ0) is 18.4. The number of amides is 1. The number of carbonyl (C=O) groups excluding carboxylic acids is 2. The number of nitrogens with zero attached hydrogens (tertiary/aromatic N) is 4. The minimum absolute atomic E-state index is 0.0537. The third-order valence-electron chi connectivity index (χ3n) is 3.16. The molecule has 0 spiro atoms. The molecular weight excluding hydrogens is 350 g/mol. The van der Waals surface area contributed by atoms with Crippen molar-refractivity contribution in [1.29, 1.82) is 0 Å². The summed E-state index contributed by atoms with van der Waals surface area (Å²) >= 11 is 1.21. The molecule has 0 saturated carbocycles. The standard InChI is InChI=1S/C14H17N5O5S/c1-3-24-13(21)6-10-8-25-14(16-10)17-12(20)4-5-18-7-11(19(22)23)15-9(18)2/h7-8H,3-6H2,1-2H3,(H,16,17,20). The van der Waals surface area contributed by atoms with E-state index in [1.54, 1.807) is 23.8 Å². The van der Waals surface area contributed by atoms with E-state index in [0.717, 1.165) is 0 Å². The summed E-state index contributed by atoms with van der Waals surface area (Å²) in [6, 6.07) is 0. The van der Waals surface area contributed by atoms with E-state index in [4.69, 9.17) is 4.74 Å². The van der Waals surface area contributed by atoms with Gasteiger partial charge in [-0.1, -0.05) is 0 Å². The summed E-state index contributed by atoms with van der Waals surface area (Å²) in [7, 11) is 0. The van der Waals surface area contributed by atoms with Crippen LogP contribution >= 0.6 is 11.3 Å². The molecular formula is C14H17N5O5S. The molecule has 0 radical (unpaired) electrons. The Kier molecular flexibility index (Phi) is 6.17. The number of thiazole rings is 1.